The monoisotopic (exact) mass is 305 g/mol. The molecule has 2 rings (SSSR count). The number of rotatable bonds is 4. The van der Waals surface area contributed by atoms with Crippen LogP contribution in [0.1, 0.15) is 19.3 Å². The third kappa shape index (κ3) is 2.99. The Morgan fingerprint density at radius 3 is 2.53 bits per heavy atom. The molecule has 0 aliphatic carbocycles. The van der Waals surface area contributed by atoms with Crippen molar-refractivity contribution in [1.82, 2.24) is 13.7 Å². The molecule has 19 heavy (non-hydrogen) atoms. The van der Waals surface area contributed by atoms with Crippen molar-refractivity contribution in [2.45, 2.75) is 24.2 Å². The van der Waals surface area contributed by atoms with Crippen LogP contribution in [0.2, 0.25) is 0 Å². The minimum atomic E-state index is -3.58. The average Bonchev–Trinajstić information content (AvgIpc) is 2.72. The Morgan fingerprint density at radius 2 is 1.95 bits per heavy atom. The van der Waals surface area contributed by atoms with Crippen LogP contribution < -0.4 is 11.2 Å². The van der Waals surface area contributed by atoms with E-state index in [1.54, 1.807) is 0 Å². The zero-order valence-electron chi connectivity index (χ0n) is 11.1. The summed E-state index contributed by atoms with van der Waals surface area (Å²) in [6, 6.07) is 0. The van der Waals surface area contributed by atoms with E-state index < -0.39 is 10.0 Å². The SMILES string of the molecule is CN(C)S(=O)(=O)c1c(N)nsc1NN1CCCCC1. The van der Waals surface area contributed by atoms with Crippen molar-refractivity contribution >= 4 is 32.4 Å². The number of nitrogens with two attached hydrogens (primary N) is 1. The Balaban J connectivity index is 2.27. The first kappa shape index (κ1) is 14.5. The molecular formula is C10H19N5O2S2. The Hall–Kier alpha value is -0.900. The van der Waals surface area contributed by atoms with E-state index in [4.69, 9.17) is 5.73 Å². The standard InChI is InChI=1S/C10H19N5O2S2/c1-14(2)19(16,17)8-9(11)13-18-10(8)12-15-6-4-3-5-7-15/h12H,3-7H2,1-2H3,(H2,11,13). The first-order valence-corrected chi connectivity index (χ1v) is 8.33. The Labute approximate surface area is 117 Å². The van der Waals surface area contributed by atoms with Gasteiger partial charge in [-0.1, -0.05) is 6.42 Å². The Kier molecular flexibility index (Phi) is 4.29. The van der Waals surface area contributed by atoms with E-state index in [1.165, 1.54) is 20.5 Å². The highest BCUT2D eigenvalue weighted by Gasteiger charge is 2.28. The molecule has 7 nitrogen and oxygen atoms in total. The smallest absolute Gasteiger partial charge is 0.249 e. The molecular weight excluding hydrogens is 286 g/mol. The largest absolute Gasteiger partial charge is 0.382 e. The second-order valence-electron chi connectivity index (χ2n) is 4.67. The molecule has 0 unspecified atom stereocenters. The Morgan fingerprint density at radius 1 is 1.32 bits per heavy atom. The highest BCUT2D eigenvalue weighted by atomic mass is 32.2. The summed E-state index contributed by atoms with van der Waals surface area (Å²) in [5, 5.41) is 2.51. The lowest BCUT2D eigenvalue weighted by Gasteiger charge is -2.27. The van der Waals surface area contributed by atoms with Gasteiger partial charge in [-0.05, 0) is 24.4 Å². The number of piperidine rings is 1. The first-order valence-electron chi connectivity index (χ1n) is 6.12. The predicted molar refractivity (Wildman–Crippen MR) is 76.4 cm³/mol. The number of aromatic nitrogens is 1. The fraction of sp³-hybridized carbons (Fsp3) is 0.700. The van der Waals surface area contributed by atoms with E-state index in [0.717, 1.165) is 41.8 Å². The molecule has 3 N–H and O–H groups in total. The van der Waals surface area contributed by atoms with Gasteiger partial charge in [0, 0.05) is 27.2 Å². The summed E-state index contributed by atoms with van der Waals surface area (Å²) in [7, 11) is -0.612. The minimum Gasteiger partial charge on any atom is -0.382 e. The number of sulfonamides is 1. The van der Waals surface area contributed by atoms with Crippen LogP contribution in [-0.2, 0) is 10.0 Å². The van der Waals surface area contributed by atoms with Crippen LogP contribution in [0.15, 0.2) is 4.90 Å². The van der Waals surface area contributed by atoms with Gasteiger partial charge >= 0.3 is 0 Å². The predicted octanol–water partition coefficient (Wildman–Crippen LogP) is 0.788. The second kappa shape index (κ2) is 5.61. The van der Waals surface area contributed by atoms with Gasteiger partial charge in [0.05, 0.1) is 0 Å². The summed E-state index contributed by atoms with van der Waals surface area (Å²) >= 11 is 1.08. The molecule has 0 saturated carbocycles. The lowest BCUT2D eigenvalue weighted by atomic mass is 10.2. The molecule has 0 amide bonds. The topological polar surface area (TPSA) is 91.6 Å². The lowest BCUT2D eigenvalue weighted by molar-refractivity contribution is 0.273. The van der Waals surface area contributed by atoms with E-state index in [2.05, 4.69) is 9.80 Å². The molecule has 1 aromatic rings. The zero-order valence-corrected chi connectivity index (χ0v) is 12.7. The quantitative estimate of drug-likeness (QED) is 0.854. The lowest BCUT2D eigenvalue weighted by Crippen LogP contribution is -2.35. The molecule has 2 heterocycles. The average molecular weight is 305 g/mol. The van der Waals surface area contributed by atoms with Crippen LogP contribution in [0.4, 0.5) is 10.8 Å². The van der Waals surface area contributed by atoms with Gasteiger partial charge in [-0.15, -0.1) is 0 Å². The molecule has 0 aromatic carbocycles. The van der Waals surface area contributed by atoms with Gasteiger partial charge in [0.25, 0.3) is 0 Å². The fourth-order valence-corrected chi connectivity index (χ4v) is 4.03. The van der Waals surface area contributed by atoms with Crippen LogP contribution in [0.3, 0.4) is 0 Å². The van der Waals surface area contributed by atoms with Gasteiger partial charge in [0.15, 0.2) is 10.7 Å². The third-order valence-electron chi connectivity index (χ3n) is 3.03. The molecule has 0 bridgehead atoms. The fourth-order valence-electron chi connectivity index (χ4n) is 1.95. The van der Waals surface area contributed by atoms with E-state index in [0.29, 0.717) is 5.00 Å². The van der Waals surface area contributed by atoms with Gasteiger partial charge in [-0.25, -0.2) is 17.7 Å². The summed E-state index contributed by atoms with van der Waals surface area (Å²) in [6.07, 6.45) is 3.43. The van der Waals surface area contributed by atoms with Gasteiger partial charge in [-0.3, -0.25) is 0 Å². The first-order chi connectivity index (χ1) is 8.93. The molecule has 0 spiro atoms. The molecule has 9 heteroatoms. The third-order valence-corrected chi connectivity index (χ3v) is 5.81. The summed E-state index contributed by atoms with van der Waals surface area (Å²) < 4.78 is 29.6. The highest BCUT2D eigenvalue weighted by Crippen LogP contribution is 2.33. The molecule has 1 saturated heterocycles. The minimum absolute atomic E-state index is 0.0539. The number of anilines is 2. The Bertz CT molecular complexity index is 534. The van der Waals surface area contributed by atoms with E-state index in [-0.39, 0.29) is 10.7 Å². The molecule has 0 radical (unpaired) electrons. The summed E-state index contributed by atoms with van der Waals surface area (Å²) in [5.41, 5.74) is 8.84. The van der Waals surface area contributed by atoms with Crippen LogP contribution in [0, 0.1) is 0 Å². The maximum atomic E-state index is 12.2. The van der Waals surface area contributed by atoms with Gasteiger partial charge in [0.2, 0.25) is 10.0 Å². The molecule has 0 atom stereocenters. The van der Waals surface area contributed by atoms with Crippen molar-refractivity contribution in [3.05, 3.63) is 0 Å². The van der Waals surface area contributed by atoms with E-state index in [9.17, 15) is 8.42 Å². The van der Waals surface area contributed by atoms with Crippen molar-refractivity contribution in [3.8, 4) is 0 Å². The van der Waals surface area contributed by atoms with E-state index >= 15 is 0 Å². The van der Waals surface area contributed by atoms with Gasteiger partial charge < -0.3 is 11.2 Å². The molecule has 1 aromatic heterocycles. The highest BCUT2D eigenvalue weighted by molar-refractivity contribution is 7.89. The summed E-state index contributed by atoms with van der Waals surface area (Å²) in [4.78, 5) is 0.0769. The maximum Gasteiger partial charge on any atom is 0.249 e. The molecule has 1 aliphatic rings. The normalized spacial score (nSPS) is 17.8. The number of hydrogen-bond donors (Lipinski definition) is 2. The molecule has 1 aliphatic heterocycles. The van der Waals surface area contributed by atoms with Crippen LogP contribution in [-0.4, -0.2) is 49.3 Å². The van der Waals surface area contributed by atoms with Crippen molar-refractivity contribution in [2.24, 2.45) is 0 Å². The van der Waals surface area contributed by atoms with Crippen molar-refractivity contribution in [2.75, 3.05) is 38.3 Å². The van der Waals surface area contributed by atoms with Crippen LogP contribution in [0.25, 0.3) is 0 Å². The van der Waals surface area contributed by atoms with Crippen LogP contribution >= 0.6 is 11.5 Å². The molecule has 1 fully saturated rings. The summed E-state index contributed by atoms with van der Waals surface area (Å²) in [5.74, 6) is 0.0539. The number of nitrogens with zero attached hydrogens (tertiary/aromatic N) is 3. The maximum absolute atomic E-state index is 12.2. The number of nitrogen functional groups attached to an aromatic ring is 1. The summed E-state index contributed by atoms with van der Waals surface area (Å²) in [6.45, 7) is 1.80. The van der Waals surface area contributed by atoms with Crippen LogP contribution in [0.5, 0.6) is 0 Å². The van der Waals surface area contributed by atoms with Crippen molar-refractivity contribution < 1.29 is 8.42 Å². The van der Waals surface area contributed by atoms with Crippen molar-refractivity contribution in [3.63, 3.8) is 0 Å². The second-order valence-corrected chi connectivity index (χ2v) is 7.54. The number of hydrazine groups is 1. The number of nitrogens with one attached hydrogen (secondary N) is 1. The zero-order chi connectivity index (χ0) is 14.0. The van der Waals surface area contributed by atoms with Gasteiger partial charge in [0.1, 0.15) is 5.00 Å². The number of hydrogen-bond acceptors (Lipinski definition) is 7. The van der Waals surface area contributed by atoms with Crippen molar-refractivity contribution in [1.29, 1.82) is 0 Å². The van der Waals surface area contributed by atoms with E-state index in [1.807, 2.05) is 5.01 Å². The van der Waals surface area contributed by atoms with Gasteiger partial charge in [-0.2, -0.15) is 4.37 Å². The molecule has 108 valence electrons.